The van der Waals surface area contributed by atoms with Gasteiger partial charge in [0.05, 0.1) is 12.0 Å². The van der Waals surface area contributed by atoms with Crippen LogP contribution in [0.2, 0.25) is 5.15 Å². The lowest BCUT2D eigenvalue weighted by Crippen LogP contribution is -2.29. The fourth-order valence-corrected chi connectivity index (χ4v) is 3.05. The number of carbonyl (C=O) groups excluding carboxylic acids is 2. The fourth-order valence-electron chi connectivity index (χ4n) is 2.94. The van der Waals surface area contributed by atoms with Gasteiger partial charge in [0.25, 0.3) is 0 Å². The van der Waals surface area contributed by atoms with Crippen molar-refractivity contribution < 1.29 is 14.3 Å². The molecule has 0 radical (unpaired) electrons. The molecule has 2 unspecified atom stereocenters. The normalized spacial score (nSPS) is 18.2. The van der Waals surface area contributed by atoms with E-state index in [0.717, 1.165) is 11.1 Å². The van der Waals surface area contributed by atoms with Crippen molar-refractivity contribution in [2.75, 3.05) is 6.54 Å². The predicted molar refractivity (Wildman–Crippen MR) is 93.7 cm³/mol. The zero-order valence-corrected chi connectivity index (χ0v) is 14.6. The molecule has 25 heavy (non-hydrogen) atoms. The molecular weight excluding hydrogens is 340 g/mol. The lowest BCUT2D eigenvalue weighted by atomic mass is 10.1. The van der Waals surface area contributed by atoms with Gasteiger partial charge in [-0.05, 0) is 18.6 Å². The van der Waals surface area contributed by atoms with E-state index in [0.29, 0.717) is 11.7 Å². The number of esters is 1. The third-order valence-electron chi connectivity index (χ3n) is 4.41. The number of amides is 1. The van der Waals surface area contributed by atoms with E-state index in [1.54, 1.807) is 23.2 Å². The molecule has 1 saturated heterocycles. The minimum Gasteiger partial charge on any atom is -0.460 e. The molecule has 3 rings (SSSR count). The summed E-state index contributed by atoms with van der Waals surface area (Å²) >= 11 is 5.73. The number of pyridine rings is 1. The number of hydrogen-bond acceptors (Lipinski definition) is 4. The van der Waals surface area contributed by atoms with Crippen LogP contribution in [0, 0.1) is 5.92 Å². The van der Waals surface area contributed by atoms with Gasteiger partial charge in [0, 0.05) is 24.7 Å². The summed E-state index contributed by atoms with van der Waals surface area (Å²) in [5, 5.41) is 0.391. The Bertz CT molecular complexity index is 749. The van der Waals surface area contributed by atoms with Crippen LogP contribution < -0.4 is 0 Å². The van der Waals surface area contributed by atoms with E-state index in [2.05, 4.69) is 4.98 Å². The second kappa shape index (κ2) is 7.66. The third-order valence-corrected chi connectivity index (χ3v) is 4.63. The molecule has 1 amide bonds. The molecule has 0 saturated carbocycles. The first kappa shape index (κ1) is 17.4. The highest BCUT2D eigenvalue weighted by Gasteiger charge is 2.37. The lowest BCUT2D eigenvalue weighted by Gasteiger charge is -2.25. The largest absolute Gasteiger partial charge is 0.460 e. The third kappa shape index (κ3) is 4.17. The van der Waals surface area contributed by atoms with E-state index >= 15 is 0 Å². The standard InChI is InChI=1S/C19H19ClN2O3/c1-13(15-5-3-2-4-6-15)22-11-16(9-18(22)23)19(24)25-12-14-7-8-17(20)21-10-14/h2-8,10,13,16H,9,11-12H2,1H3. The second-order valence-corrected chi connectivity index (χ2v) is 6.52. The summed E-state index contributed by atoms with van der Waals surface area (Å²) in [7, 11) is 0. The molecule has 0 aliphatic carbocycles. The maximum atomic E-state index is 12.3. The number of aromatic nitrogens is 1. The van der Waals surface area contributed by atoms with E-state index in [-0.39, 0.29) is 30.9 Å². The first-order valence-corrected chi connectivity index (χ1v) is 8.54. The summed E-state index contributed by atoms with van der Waals surface area (Å²) < 4.78 is 5.33. The van der Waals surface area contributed by atoms with Crippen LogP contribution in [0.5, 0.6) is 0 Å². The van der Waals surface area contributed by atoms with E-state index in [4.69, 9.17) is 16.3 Å². The average Bonchev–Trinajstić information content (AvgIpc) is 3.03. The number of rotatable bonds is 5. The quantitative estimate of drug-likeness (QED) is 0.607. The molecule has 2 heterocycles. The Kier molecular flexibility index (Phi) is 5.34. The van der Waals surface area contributed by atoms with Gasteiger partial charge >= 0.3 is 5.97 Å². The van der Waals surface area contributed by atoms with Crippen LogP contribution in [0.3, 0.4) is 0 Å². The van der Waals surface area contributed by atoms with Crippen LogP contribution in [-0.4, -0.2) is 28.3 Å². The number of hydrogen-bond donors (Lipinski definition) is 0. The van der Waals surface area contributed by atoms with Gasteiger partial charge in [0.2, 0.25) is 5.91 Å². The molecule has 0 N–H and O–H groups in total. The highest BCUT2D eigenvalue weighted by atomic mass is 35.5. The minimum atomic E-state index is -0.432. The summed E-state index contributed by atoms with van der Waals surface area (Å²) in [6.07, 6.45) is 1.76. The van der Waals surface area contributed by atoms with Crippen LogP contribution in [0.1, 0.15) is 30.5 Å². The van der Waals surface area contributed by atoms with Gasteiger partial charge in [-0.3, -0.25) is 9.59 Å². The van der Waals surface area contributed by atoms with Crippen LogP contribution in [0.15, 0.2) is 48.7 Å². The van der Waals surface area contributed by atoms with Crippen LogP contribution in [0.25, 0.3) is 0 Å². The first-order valence-electron chi connectivity index (χ1n) is 8.16. The molecule has 0 spiro atoms. The molecule has 2 atom stereocenters. The highest BCUT2D eigenvalue weighted by Crippen LogP contribution is 2.29. The van der Waals surface area contributed by atoms with Gasteiger partial charge < -0.3 is 9.64 Å². The smallest absolute Gasteiger partial charge is 0.311 e. The molecule has 6 heteroatoms. The van der Waals surface area contributed by atoms with Gasteiger partial charge in [-0.1, -0.05) is 48.0 Å². The van der Waals surface area contributed by atoms with Crippen LogP contribution in [-0.2, 0) is 20.9 Å². The average molecular weight is 359 g/mol. The monoisotopic (exact) mass is 358 g/mol. The summed E-state index contributed by atoms with van der Waals surface area (Å²) in [6, 6.07) is 13.1. The zero-order valence-electron chi connectivity index (χ0n) is 13.9. The molecule has 2 aromatic rings. The topological polar surface area (TPSA) is 59.5 Å². The Labute approximate surface area is 151 Å². The summed E-state index contributed by atoms with van der Waals surface area (Å²) in [6.45, 7) is 2.48. The second-order valence-electron chi connectivity index (χ2n) is 6.13. The summed E-state index contributed by atoms with van der Waals surface area (Å²) in [5.74, 6) is -0.809. The van der Waals surface area contributed by atoms with E-state index < -0.39 is 5.92 Å². The molecule has 5 nitrogen and oxygen atoms in total. The molecule has 1 aromatic carbocycles. The van der Waals surface area contributed by atoms with Crippen LogP contribution >= 0.6 is 11.6 Å². The Morgan fingerprint density at radius 3 is 2.76 bits per heavy atom. The Morgan fingerprint density at radius 2 is 2.08 bits per heavy atom. The number of likely N-dealkylation sites (tertiary alicyclic amines) is 1. The van der Waals surface area contributed by atoms with Crippen molar-refractivity contribution in [2.45, 2.75) is 26.0 Å². The first-order chi connectivity index (χ1) is 12.0. The lowest BCUT2D eigenvalue weighted by molar-refractivity contribution is -0.149. The molecular formula is C19H19ClN2O3. The van der Waals surface area contributed by atoms with Crippen molar-refractivity contribution in [3.63, 3.8) is 0 Å². The number of nitrogens with zero attached hydrogens (tertiary/aromatic N) is 2. The zero-order chi connectivity index (χ0) is 17.8. The predicted octanol–water partition coefficient (Wildman–Crippen LogP) is 3.39. The number of benzene rings is 1. The highest BCUT2D eigenvalue weighted by molar-refractivity contribution is 6.29. The van der Waals surface area contributed by atoms with Crippen molar-refractivity contribution >= 4 is 23.5 Å². The van der Waals surface area contributed by atoms with Gasteiger partial charge in [-0.25, -0.2) is 4.98 Å². The van der Waals surface area contributed by atoms with E-state index in [9.17, 15) is 9.59 Å². The Hall–Kier alpha value is -2.40. The van der Waals surface area contributed by atoms with Crippen molar-refractivity contribution in [3.05, 3.63) is 64.9 Å². The van der Waals surface area contributed by atoms with E-state index in [1.807, 2.05) is 37.3 Å². The molecule has 1 fully saturated rings. The summed E-state index contributed by atoms with van der Waals surface area (Å²) in [4.78, 5) is 30.3. The van der Waals surface area contributed by atoms with Crippen molar-refractivity contribution in [1.82, 2.24) is 9.88 Å². The molecule has 1 aromatic heterocycles. The fraction of sp³-hybridized carbons (Fsp3) is 0.316. The molecule has 0 bridgehead atoms. The molecule has 1 aliphatic rings. The maximum absolute atomic E-state index is 12.3. The van der Waals surface area contributed by atoms with Crippen molar-refractivity contribution in [2.24, 2.45) is 5.92 Å². The van der Waals surface area contributed by atoms with Gasteiger partial charge in [0.15, 0.2) is 0 Å². The van der Waals surface area contributed by atoms with Crippen molar-refractivity contribution in [3.8, 4) is 0 Å². The van der Waals surface area contributed by atoms with E-state index in [1.165, 1.54) is 0 Å². The number of halogens is 1. The van der Waals surface area contributed by atoms with Gasteiger partial charge in [-0.2, -0.15) is 0 Å². The molecule has 1 aliphatic heterocycles. The SMILES string of the molecule is CC(c1ccccc1)N1CC(C(=O)OCc2ccc(Cl)nc2)CC1=O. The van der Waals surface area contributed by atoms with Crippen molar-refractivity contribution in [1.29, 1.82) is 0 Å². The maximum Gasteiger partial charge on any atom is 0.311 e. The Morgan fingerprint density at radius 1 is 1.32 bits per heavy atom. The van der Waals surface area contributed by atoms with Gasteiger partial charge in [0.1, 0.15) is 11.8 Å². The summed E-state index contributed by atoms with van der Waals surface area (Å²) in [5.41, 5.74) is 1.81. The van der Waals surface area contributed by atoms with Gasteiger partial charge in [-0.15, -0.1) is 0 Å². The number of carbonyl (C=O) groups is 2. The molecule has 130 valence electrons. The minimum absolute atomic E-state index is 0.0218. The Balaban J connectivity index is 1.58. The number of ether oxygens (including phenoxy) is 1. The van der Waals surface area contributed by atoms with Crippen LogP contribution in [0.4, 0.5) is 0 Å².